The third kappa shape index (κ3) is 1.85. The van der Waals surface area contributed by atoms with E-state index in [4.69, 9.17) is 0 Å². The van der Waals surface area contributed by atoms with Gasteiger partial charge in [0.1, 0.15) is 4.60 Å². The van der Waals surface area contributed by atoms with E-state index >= 15 is 0 Å². The van der Waals surface area contributed by atoms with Crippen LogP contribution in [-0.2, 0) is 6.42 Å². The third-order valence-corrected chi connectivity index (χ3v) is 2.42. The minimum absolute atomic E-state index is 0.823. The summed E-state index contributed by atoms with van der Waals surface area (Å²) in [4.78, 5) is 4.31. The number of hydrogen-bond acceptors (Lipinski definition) is 2. The molecule has 0 saturated carbocycles. The molecule has 0 aliphatic carbocycles. The summed E-state index contributed by atoms with van der Waals surface area (Å²) in [6, 6.07) is 5.77. The van der Waals surface area contributed by atoms with Crippen molar-refractivity contribution in [1.29, 1.82) is 0 Å². The second-order valence-corrected chi connectivity index (χ2v) is 3.78. The van der Waals surface area contributed by atoms with Gasteiger partial charge in [-0.1, -0.05) is 13.0 Å². The predicted octanol–water partition coefficient (Wildman–Crippen LogP) is 2.59. The van der Waals surface area contributed by atoms with Gasteiger partial charge < -0.3 is 0 Å². The highest BCUT2D eigenvalue weighted by molar-refractivity contribution is 9.10. The molecule has 2 aromatic heterocycles. The summed E-state index contributed by atoms with van der Waals surface area (Å²) in [5.41, 5.74) is 1.21. The lowest BCUT2D eigenvalue weighted by atomic mass is 10.3. The molecule has 0 bridgehead atoms. The lowest BCUT2D eigenvalue weighted by molar-refractivity contribution is 0.843. The van der Waals surface area contributed by atoms with Crippen LogP contribution in [0.3, 0.4) is 0 Å². The van der Waals surface area contributed by atoms with E-state index < -0.39 is 0 Å². The molecule has 14 heavy (non-hydrogen) atoms. The first-order valence-electron chi connectivity index (χ1n) is 4.46. The van der Waals surface area contributed by atoms with Crippen LogP contribution in [0.25, 0.3) is 5.82 Å². The number of aromatic nitrogens is 3. The Bertz CT molecular complexity index is 436. The first-order valence-corrected chi connectivity index (χ1v) is 5.25. The van der Waals surface area contributed by atoms with Gasteiger partial charge in [-0.15, -0.1) is 0 Å². The number of pyridine rings is 1. The molecule has 0 aromatic carbocycles. The molecule has 0 spiro atoms. The van der Waals surface area contributed by atoms with Gasteiger partial charge in [-0.05, 0) is 40.0 Å². The van der Waals surface area contributed by atoms with Crippen LogP contribution in [-0.4, -0.2) is 14.8 Å². The Labute approximate surface area is 90.9 Å². The van der Waals surface area contributed by atoms with Crippen LogP contribution >= 0.6 is 15.9 Å². The lowest BCUT2D eigenvalue weighted by Gasteiger charge is -1.99. The monoisotopic (exact) mass is 251 g/mol. The molecule has 0 N–H and O–H groups in total. The maximum atomic E-state index is 4.31. The predicted molar refractivity (Wildman–Crippen MR) is 58.4 cm³/mol. The van der Waals surface area contributed by atoms with Crippen LogP contribution in [0.1, 0.15) is 12.5 Å². The summed E-state index contributed by atoms with van der Waals surface area (Å²) in [6.07, 6.45) is 4.85. The molecule has 3 nitrogen and oxygen atoms in total. The maximum absolute atomic E-state index is 4.31. The molecular formula is C10H10BrN3. The summed E-state index contributed by atoms with van der Waals surface area (Å²) < 4.78 is 2.60. The zero-order chi connectivity index (χ0) is 9.97. The highest BCUT2D eigenvalue weighted by Gasteiger charge is 2.00. The highest BCUT2D eigenvalue weighted by Crippen LogP contribution is 2.10. The molecule has 0 atom stereocenters. The Morgan fingerprint density at radius 2 is 2.29 bits per heavy atom. The van der Waals surface area contributed by atoms with Gasteiger partial charge in [0.25, 0.3) is 0 Å². The molecule has 72 valence electrons. The largest absolute Gasteiger partial charge is 0.222 e. The van der Waals surface area contributed by atoms with Crippen LogP contribution < -0.4 is 0 Å². The summed E-state index contributed by atoms with van der Waals surface area (Å²) in [7, 11) is 0. The zero-order valence-electron chi connectivity index (χ0n) is 7.81. The minimum Gasteiger partial charge on any atom is -0.222 e. The van der Waals surface area contributed by atoms with Gasteiger partial charge in [0.15, 0.2) is 5.82 Å². The quantitative estimate of drug-likeness (QED) is 0.769. The minimum atomic E-state index is 0.823. The van der Waals surface area contributed by atoms with E-state index in [1.165, 1.54) is 5.56 Å². The molecule has 4 heteroatoms. The van der Waals surface area contributed by atoms with Crippen molar-refractivity contribution in [2.45, 2.75) is 13.3 Å². The van der Waals surface area contributed by atoms with E-state index in [1.807, 2.05) is 30.6 Å². The SMILES string of the molecule is CCc1cnn(-c2cccc(Br)n2)c1. The number of rotatable bonds is 2. The van der Waals surface area contributed by atoms with Crippen LogP contribution in [0, 0.1) is 0 Å². The third-order valence-electron chi connectivity index (χ3n) is 1.98. The van der Waals surface area contributed by atoms with E-state index in [-0.39, 0.29) is 0 Å². The van der Waals surface area contributed by atoms with Crippen LogP contribution in [0.15, 0.2) is 35.2 Å². The fourth-order valence-electron chi connectivity index (χ4n) is 1.19. The van der Waals surface area contributed by atoms with Crippen molar-refractivity contribution in [3.63, 3.8) is 0 Å². The van der Waals surface area contributed by atoms with Gasteiger partial charge in [-0.3, -0.25) is 0 Å². The van der Waals surface area contributed by atoms with E-state index in [0.29, 0.717) is 0 Å². The number of hydrogen-bond donors (Lipinski definition) is 0. The average Bonchev–Trinajstić information content (AvgIpc) is 2.66. The molecule has 0 aliphatic rings. The Morgan fingerprint density at radius 1 is 1.43 bits per heavy atom. The van der Waals surface area contributed by atoms with Gasteiger partial charge in [-0.25, -0.2) is 9.67 Å². The summed E-state index contributed by atoms with van der Waals surface area (Å²) in [5, 5.41) is 4.23. The van der Waals surface area contributed by atoms with Crippen molar-refractivity contribution in [2.75, 3.05) is 0 Å². The Balaban J connectivity index is 2.39. The summed E-state index contributed by atoms with van der Waals surface area (Å²) in [5.74, 6) is 0.832. The molecule has 2 rings (SSSR count). The second kappa shape index (κ2) is 3.92. The van der Waals surface area contributed by atoms with E-state index in [9.17, 15) is 0 Å². The Hall–Kier alpha value is -1.16. The second-order valence-electron chi connectivity index (χ2n) is 2.97. The summed E-state index contributed by atoms with van der Waals surface area (Å²) >= 11 is 3.33. The molecule has 0 unspecified atom stereocenters. The zero-order valence-corrected chi connectivity index (χ0v) is 9.40. The van der Waals surface area contributed by atoms with Crippen molar-refractivity contribution < 1.29 is 0 Å². The van der Waals surface area contributed by atoms with Crippen molar-refractivity contribution in [3.8, 4) is 5.82 Å². The van der Waals surface area contributed by atoms with Crippen molar-refractivity contribution >= 4 is 15.9 Å². The van der Waals surface area contributed by atoms with Crippen molar-refractivity contribution in [1.82, 2.24) is 14.8 Å². The topological polar surface area (TPSA) is 30.7 Å². The van der Waals surface area contributed by atoms with Crippen LogP contribution in [0.5, 0.6) is 0 Å². The van der Waals surface area contributed by atoms with Gasteiger partial charge in [0.05, 0.1) is 6.20 Å². The molecular weight excluding hydrogens is 242 g/mol. The maximum Gasteiger partial charge on any atom is 0.154 e. The molecule has 2 heterocycles. The Morgan fingerprint density at radius 3 is 2.93 bits per heavy atom. The highest BCUT2D eigenvalue weighted by atomic mass is 79.9. The molecule has 2 aromatic rings. The van der Waals surface area contributed by atoms with Gasteiger partial charge in [-0.2, -0.15) is 5.10 Å². The van der Waals surface area contributed by atoms with Crippen LogP contribution in [0.4, 0.5) is 0 Å². The molecule has 0 fully saturated rings. The van der Waals surface area contributed by atoms with E-state index in [1.54, 1.807) is 4.68 Å². The van der Waals surface area contributed by atoms with Gasteiger partial charge >= 0.3 is 0 Å². The summed E-state index contributed by atoms with van der Waals surface area (Å²) in [6.45, 7) is 2.11. The van der Waals surface area contributed by atoms with Gasteiger partial charge in [0.2, 0.25) is 0 Å². The first kappa shape index (κ1) is 9.40. The van der Waals surface area contributed by atoms with Crippen LogP contribution in [0.2, 0.25) is 0 Å². The van der Waals surface area contributed by atoms with Crippen molar-refractivity contribution in [3.05, 3.63) is 40.8 Å². The van der Waals surface area contributed by atoms with E-state index in [2.05, 4.69) is 32.9 Å². The molecule has 0 saturated heterocycles. The molecule has 0 amide bonds. The normalized spacial score (nSPS) is 10.4. The first-order chi connectivity index (χ1) is 6.79. The smallest absolute Gasteiger partial charge is 0.154 e. The number of halogens is 1. The number of nitrogens with zero attached hydrogens (tertiary/aromatic N) is 3. The van der Waals surface area contributed by atoms with Crippen molar-refractivity contribution in [2.24, 2.45) is 0 Å². The van der Waals surface area contributed by atoms with E-state index in [0.717, 1.165) is 16.8 Å². The fraction of sp³-hybridized carbons (Fsp3) is 0.200. The average molecular weight is 252 g/mol. The molecule has 0 radical (unpaired) electrons. The lowest BCUT2D eigenvalue weighted by Crippen LogP contribution is -1.97. The fourth-order valence-corrected chi connectivity index (χ4v) is 1.53. The van der Waals surface area contributed by atoms with Gasteiger partial charge in [0, 0.05) is 6.20 Å². The standard InChI is InChI=1S/C10H10BrN3/c1-2-8-6-12-14(7-8)10-5-3-4-9(11)13-10/h3-7H,2H2,1H3. The number of aryl methyl sites for hydroxylation is 1. The Kier molecular flexibility index (Phi) is 2.63. The molecule has 0 aliphatic heterocycles.